The van der Waals surface area contributed by atoms with Crippen molar-refractivity contribution in [1.29, 1.82) is 0 Å². The molecule has 2 N–H and O–H groups in total. The van der Waals surface area contributed by atoms with Crippen molar-refractivity contribution in [3.8, 4) is 0 Å². The maximum atomic E-state index is 13.1. The fourth-order valence-electron chi connectivity index (χ4n) is 2.50. The molecule has 31 heavy (non-hydrogen) atoms. The minimum atomic E-state index is -4.84. The third-order valence-electron chi connectivity index (χ3n) is 4.01. The summed E-state index contributed by atoms with van der Waals surface area (Å²) in [6.45, 7) is 7.73. The number of benzene rings is 2. The first kappa shape index (κ1) is 24.2. The topological polar surface area (TPSA) is 100 Å². The number of halogens is 3. The molecule has 1 amide bonds. The van der Waals surface area contributed by atoms with E-state index in [1.54, 1.807) is 0 Å². The minimum absolute atomic E-state index is 0.204. The smallest absolute Gasteiger partial charge is 0.379 e. The molecule has 0 radical (unpaired) electrons. The number of aliphatic hydroxyl groups is 1. The number of aliphatic imine (C=N–C) groups is 1. The summed E-state index contributed by atoms with van der Waals surface area (Å²) in [5.74, 6) is -2.27. The van der Waals surface area contributed by atoms with Crippen molar-refractivity contribution in [2.45, 2.75) is 23.6 Å². The van der Waals surface area contributed by atoms with Crippen molar-refractivity contribution in [3.05, 3.63) is 59.4 Å². The number of thiocarbonyl (C=S) groups is 1. The lowest BCUT2D eigenvalue weighted by Crippen LogP contribution is -2.45. The van der Waals surface area contributed by atoms with Gasteiger partial charge < -0.3 is 10.4 Å². The molecular weight excluding hydrogens is 455 g/mol. The molecule has 0 aromatic heterocycles. The van der Waals surface area contributed by atoms with Crippen LogP contribution < -0.4 is 5.32 Å². The SMILES string of the molecule is [C-]#[N+]c1ccc(NC(=O)C(C)(O)CS(=O)(=O)c2ccc(N=C=S)cc2)cc1C(F)(F)F. The van der Waals surface area contributed by atoms with Gasteiger partial charge in [0.25, 0.3) is 5.91 Å². The van der Waals surface area contributed by atoms with Crippen LogP contribution in [0.1, 0.15) is 12.5 Å². The van der Waals surface area contributed by atoms with E-state index in [1.807, 2.05) is 0 Å². The van der Waals surface area contributed by atoms with Gasteiger partial charge in [0.15, 0.2) is 21.1 Å². The molecule has 1 unspecified atom stereocenters. The first-order chi connectivity index (χ1) is 14.3. The van der Waals surface area contributed by atoms with Gasteiger partial charge in [-0.15, -0.1) is 0 Å². The largest absolute Gasteiger partial charge is 0.407 e. The van der Waals surface area contributed by atoms with Gasteiger partial charge in [-0.2, -0.15) is 18.2 Å². The minimum Gasteiger partial charge on any atom is -0.379 e. The van der Waals surface area contributed by atoms with Crippen LogP contribution in [-0.4, -0.2) is 35.9 Å². The van der Waals surface area contributed by atoms with E-state index in [4.69, 9.17) is 6.57 Å². The van der Waals surface area contributed by atoms with E-state index >= 15 is 0 Å². The van der Waals surface area contributed by atoms with Crippen molar-refractivity contribution in [1.82, 2.24) is 0 Å². The summed E-state index contributed by atoms with van der Waals surface area (Å²) in [4.78, 5) is 18.6. The van der Waals surface area contributed by atoms with Crippen molar-refractivity contribution in [2.24, 2.45) is 4.99 Å². The number of nitrogens with one attached hydrogen (secondary N) is 1. The molecule has 0 saturated heterocycles. The molecule has 7 nitrogen and oxygen atoms in total. The number of isothiocyanates is 1. The van der Waals surface area contributed by atoms with Gasteiger partial charge in [-0.3, -0.25) is 4.79 Å². The highest BCUT2D eigenvalue weighted by atomic mass is 32.2. The van der Waals surface area contributed by atoms with Crippen LogP contribution in [0.4, 0.5) is 30.2 Å². The van der Waals surface area contributed by atoms with Crippen molar-refractivity contribution in [2.75, 3.05) is 11.1 Å². The van der Waals surface area contributed by atoms with Gasteiger partial charge in [0.1, 0.15) is 0 Å². The summed E-state index contributed by atoms with van der Waals surface area (Å²) < 4.78 is 64.3. The lowest BCUT2D eigenvalue weighted by Gasteiger charge is -2.22. The van der Waals surface area contributed by atoms with Crippen LogP contribution in [0.3, 0.4) is 0 Å². The average Bonchev–Trinajstić information content (AvgIpc) is 2.67. The van der Waals surface area contributed by atoms with Gasteiger partial charge in [0.2, 0.25) is 0 Å². The molecule has 0 aliphatic rings. The summed E-state index contributed by atoms with van der Waals surface area (Å²) in [7, 11) is -4.15. The van der Waals surface area contributed by atoms with E-state index in [0.29, 0.717) is 11.8 Å². The van der Waals surface area contributed by atoms with Crippen molar-refractivity contribution in [3.63, 3.8) is 0 Å². The Morgan fingerprint density at radius 2 is 1.87 bits per heavy atom. The number of anilines is 1. The Hall–Kier alpha value is -3.10. The molecule has 0 aliphatic carbocycles. The number of carbonyl (C=O) groups excluding carboxylic acids is 1. The molecule has 0 heterocycles. The predicted octanol–water partition coefficient (Wildman–Crippen LogP) is 4.15. The number of sulfone groups is 1. The Bertz CT molecular complexity index is 1200. The van der Waals surface area contributed by atoms with E-state index in [1.165, 1.54) is 24.3 Å². The van der Waals surface area contributed by atoms with Gasteiger partial charge in [0.05, 0.1) is 33.6 Å². The lowest BCUT2D eigenvalue weighted by molar-refractivity contribution is -0.137. The standard InChI is InChI=1S/C19H14F3N3O4S2/c1-18(27,10-31(28,29)14-6-3-12(4-7-14)24-11-30)17(26)25-13-5-8-16(23-2)15(9-13)19(20,21)22/h3-9,27H,10H2,1H3,(H,25,26). The van der Waals surface area contributed by atoms with E-state index < -0.39 is 44.5 Å². The third kappa shape index (κ3) is 5.96. The number of alkyl halides is 3. The molecule has 0 spiro atoms. The number of hydrogen-bond donors (Lipinski definition) is 2. The van der Waals surface area contributed by atoms with Crippen LogP contribution in [0.15, 0.2) is 52.4 Å². The molecule has 0 bridgehead atoms. The first-order valence-corrected chi connectivity index (χ1v) is 10.4. The molecule has 2 aromatic carbocycles. The van der Waals surface area contributed by atoms with E-state index in [2.05, 4.69) is 32.5 Å². The molecule has 12 heteroatoms. The number of rotatable bonds is 6. The highest BCUT2D eigenvalue weighted by Gasteiger charge is 2.38. The Morgan fingerprint density at radius 1 is 1.26 bits per heavy atom. The summed E-state index contributed by atoms with van der Waals surface area (Å²) in [5.41, 5.74) is -4.42. The van der Waals surface area contributed by atoms with Crippen LogP contribution in [0.5, 0.6) is 0 Å². The second kappa shape index (κ2) is 8.95. The molecule has 162 valence electrons. The number of amides is 1. The lowest BCUT2D eigenvalue weighted by atomic mass is 10.1. The van der Waals surface area contributed by atoms with Crippen molar-refractivity contribution >= 4 is 50.2 Å². The summed E-state index contributed by atoms with van der Waals surface area (Å²) in [6.07, 6.45) is -4.84. The fourth-order valence-corrected chi connectivity index (χ4v) is 4.20. The van der Waals surface area contributed by atoms with E-state index in [0.717, 1.165) is 19.1 Å². The zero-order valence-corrected chi connectivity index (χ0v) is 17.4. The Labute approximate surface area is 181 Å². The van der Waals surface area contributed by atoms with Crippen LogP contribution in [0, 0.1) is 6.57 Å². The Balaban J connectivity index is 2.25. The zero-order chi connectivity index (χ0) is 23.4. The second-order valence-corrected chi connectivity index (χ2v) is 8.70. The molecule has 0 aliphatic heterocycles. The molecular formula is C19H14F3N3O4S2. The fraction of sp³-hybridized carbons (Fsp3) is 0.211. The molecule has 0 fully saturated rings. The molecule has 2 rings (SSSR count). The van der Waals surface area contributed by atoms with Crippen LogP contribution in [0.25, 0.3) is 4.85 Å². The summed E-state index contributed by atoms with van der Waals surface area (Å²) >= 11 is 4.45. The third-order valence-corrected chi connectivity index (χ3v) is 6.03. The number of carbonyl (C=O) groups is 1. The van der Waals surface area contributed by atoms with Gasteiger partial charge in [0, 0.05) is 5.69 Å². The quantitative estimate of drug-likeness (QED) is 0.376. The van der Waals surface area contributed by atoms with Crippen LogP contribution >= 0.6 is 12.2 Å². The monoisotopic (exact) mass is 469 g/mol. The summed E-state index contributed by atoms with van der Waals surface area (Å²) in [6, 6.07) is 7.53. The van der Waals surface area contributed by atoms with Gasteiger partial charge >= 0.3 is 6.18 Å². The maximum Gasteiger partial charge on any atom is 0.407 e. The molecule has 1 atom stereocenters. The van der Waals surface area contributed by atoms with E-state index in [9.17, 15) is 31.5 Å². The first-order valence-electron chi connectivity index (χ1n) is 8.33. The normalized spacial score (nSPS) is 13.4. The van der Waals surface area contributed by atoms with Crippen molar-refractivity contribution < 1.29 is 31.5 Å². The average molecular weight is 469 g/mol. The number of hydrogen-bond acceptors (Lipinski definition) is 6. The van der Waals surface area contributed by atoms with Gasteiger partial charge in [-0.25, -0.2) is 13.3 Å². The predicted molar refractivity (Wildman–Crippen MR) is 110 cm³/mol. The Kier molecular flexibility index (Phi) is 6.98. The molecule has 0 saturated carbocycles. The van der Waals surface area contributed by atoms with Gasteiger partial charge in [-0.1, -0.05) is 6.07 Å². The highest BCUT2D eigenvalue weighted by molar-refractivity contribution is 7.91. The van der Waals surface area contributed by atoms with Crippen LogP contribution in [0.2, 0.25) is 0 Å². The maximum absolute atomic E-state index is 13.1. The van der Waals surface area contributed by atoms with Crippen LogP contribution in [-0.2, 0) is 20.8 Å². The molecule has 2 aromatic rings. The highest BCUT2D eigenvalue weighted by Crippen LogP contribution is 2.38. The Morgan fingerprint density at radius 3 is 2.39 bits per heavy atom. The summed E-state index contributed by atoms with van der Waals surface area (Å²) in [5, 5.41) is 14.6. The zero-order valence-electron chi connectivity index (χ0n) is 15.8. The second-order valence-electron chi connectivity index (χ2n) is 6.53. The van der Waals surface area contributed by atoms with E-state index in [-0.39, 0.29) is 10.6 Å². The van der Waals surface area contributed by atoms with Gasteiger partial charge in [-0.05, 0) is 55.5 Å². The number of nitrogens with zero attached hydrogens (tertiary/aromatic N) is 2.